The predicted molar refractivity (Wildman–Crippen MR) is 160 cm³/mol. The van der Waals surface area contributed by atoms with Crippen LogP contribution in [0.25, 0.3) is 65.7 Å². The van der Waals surface area contributed by atoms with Gasteiger partial charge in [-0.15, -0.1) is 0 Å². The van der Waals surface area contributed by atoms with Crippen LogP contribution in [0.1, 0.15) is 5.56 Å². The first-order chi connectivity index (χ1) is 18.3. The van der Waals surface area contributed by atoms with Crippen LogP contribution < -0.4 is 0 Å². The molecule has 0 spiro atoms. The summed E-state index contributed by atoms with van der Waals surface area (Å²) in [5.74, 6) is 0. The van der Waals surface area contributed by atoms with Gasteiger partial charge in [-0.25, -0.2) is 0 Å². The summed E-state index contributed by atoms with van der Waals surface area (Å²) < 4.78 is 0. The SMILES string of the molecule is Cc1ccccc1-c1cccc2ccc(-c3c4ccccc4c(-c4ccccc4)c4ccccc34)cc12. The monoisotopic (exact) mass is 470 g/mol. The summed E-state index contributed by atoms with van der Waals surface area (Å²) in [6, 6.07) is 50.8. The number of fused-ring (bicyclic) bond motifs is 3. The lowest BCUT2D eigenvalue weighted by molar-refractivity contribution is 1.47. The van der Waals surface area contributed by atoms with Gasteiger partial charge in [0, 0.05) is 0 Å². The molecular formula is C37H26. The minimum atomic E-state index is 1.25. The molecule has 174 valence electrons. The summed E-state index contributed by atoms with van der Waals surface area (Å²) in [6.07, 6.45) is 0. The second-order valence-corrected chi connectivity index (χ2v) is 9.76. The van der Waals surface area contributed by atoms with Gasteiger partial charge in [0.05, 0.1) is 0 Å². The molecule has 7 aromatic carbocycles. The quantitative estimate of drug-likeness (QED) is 0.225. The molecule has 0 fully saturated rings. The highest BCUT2D eigenvalue weighted by molar-refractivity contribution is 6.21. The van der Waals surface area contributed by atoms with Crippen molar-refractivity contribution < 1.29 is 0 Å². The van der Waals surface area contributed by atoms with Crippen LogP contribution in [0, 0.1) is 6.92 Å². The van der Waals surface area contributed by atoms with Crippen LogP contribution in [0.4, 0.5) is 0 Å². The van der Waals surface area contributed by atoms with Crippen LogP contribution in [0.3, 0.4) is 0 Å². The lowest BCUT2D eigenvalue weighted by Crippen LogP contribution is -1.91. The molecule has 7 aromatic rings. The Balaban J connectivity index is 1.58. The van der Waals surface area contributed by atoms with E-state index < -0.39 is 0 Å². The standard InChI is InChI=1S/C37H26/c1-25-12-5-6-16-29(25)30-21-11-15-26-22-23-28(24-35(26)30)37-33-19-9-7-17-31(33)36(27-13-3-2-4-14-27)32-18-8-10-20-34(32)37/h2-24H,1H3. The molecule has 0 aliphatic rings. The number of benzene rings is 7. The van der Waals surface area contributed by atoms with Gasteiger partial charge in [0.1, 0.15) is 0 Å². The molecular weight excluding hydrogens is 444 g/mol. The Morgan fingerprint density at radius 1 is 0.351 bits per heavy atom. The van der Waals surface area contributed by atoms with Gasteiger partial charge >= 0.3 is 0 Å². The molecule has 0 saturated heterocycles. The molecule has 0 saturated carbocycles. The molecule has 0 radical (unpaired) electrons. The summed E-state index contributed by atoms with van der Waals surface area (Å²) in [5, 5.41) is 7.69. The van der Waals surface area contributed by atoms with Crippen LogP contribution in [-0.2, 0) is 0 Å². The zero-order chi connectivity index (χ0) is 24.8. The molecule has 0 heteroatoms. The molecule has 0 nitrogen and oxygen atoms in total. The predicted octanol–water partition coefficient (Wildman–Crippen LogP) is 10.5. The van der Waals surface area contributed by atoms with Gasteiger partial charge in [-0.1, -0.05) is 133 Å². The van der Waals surface area contributed by atoms with Gasteiger partial charge in [0.2, 0.25) is 0 Å². The third-order valence-electron chi connectivity index (χ3n) is 7.60. The highest BCUT2D eigenvalue weighted by Crippen LogP contribution is 2.44. The van der Waals surface area contributed by atoms with Crippen LogP contribution in [0.2, 0.25) is 0 Å². The van der Waals surface area contributed by atoms with Crippen LogP contribution in [-0.4, -0.2) is 0 Å². The first-order valence-corrected chi connectivity index (χ1v) is 12.9. The fourth-order valence-corrected chi connectivity index (χ4v) is 5.89. The molecule has 0 N–H and O–H groups in total. The van der Waals surface area contributed by atoms with Crippen LogP contribution >= 0.6 is 0 Å². The van der Waals surface area contributed by atoms with Gasteiger partial charge in [0.15, 0.2) is 0 Å². The van der Waals surface area contributed by atoms with Crippen molar-refractivity contribution in [2.75, 3.05) is 0 Å². The number of hydrogen-bond acceptors (Lipinski definition) is 0. The third-order valence-corrected chi connectivity index (χ3v) is 7.60. The van der Waals surface area contributed by atoms with Crippen molar-refractivity contribution in [1.82, 2.24) is 0 Å². The Bertz CT molecular complexity index is 1870. The molecule has 0 heterocycles. The highest BCUT2D eigenvalue weighted by Gasteiger charge is 2.17. The zero-order valence-corrected chi connectivity index (χ0v) is 20.8. The van der Waals surface area contributed by atoms with Gasteiger partial charge in [-0.3, -0.25) is 0 Å². The van der Waals surface area contributed by atoms with E-state index in [4.69, 9.17) is 0 Å². The first kappa shape index (κ1) is 21.6. The van der Waals surface area contributed by atoms with E-state index in [1.54, 1.807) is 0 Å². The number of aryl methyl sites for hydroxylation is 1. The Hall–Kier alpha value is -4.68. The maximum Gasteiger partial charge on any atom is -0.00261 e. The van der Waals surface area contributed by atoms with E-state index in [0.29, 0.717) is 0 Å². The van der Waals surface area contributed by atoms with E-state index in [1.807, 2.05) is 0 Å². The van der Waals surface area contributed by atoms with Crippen LogP contribution in [0.5, 0.6) is 0 Å². The van der Waals surface area contributed by atoms with E-state index in [9.17, 15) is 0 Å². The fourth-order valence-electron chi connectivity index (χ4n) is 5.89. The fraction of sp³-hybridized carbons (Fsp3) is 0.0270. The smallest absolute Gasteiger partial charge is 0.00261 e. The van der Waals surface area contributed by atoms with Gasteiger partial charge in [0.25, 0.3) is 0 Å². The summed E-state index contributed by atoms with van der Waals surface area (Å²) in [4.78, 5) is 0. The molecule has 37 heavy (non-hydrogen) atoms. The van der Waals surface area contributed by atoms with Crippen molar-refractivity contribution in [3.63, 3.8) is 0 Å². The van der Waals surface area contributed by atoms with E-state index in [1.165, 1.54) is 71.3 Å². The van der Waals surface area contributed by atoms with Gasteiger partial charge in [-0.2, -0.15) is 0 Å². The molecule has 0 amide bonds. The summed E-state index contributed by atoms with van der Waals surface area (Å²) >= 11 is 0. The Morgan fingerprint density at radius 3 is 1.54 bits per heavy atom. The lowest BCUT2D eigenvalue weighted by atomic mass is 9.85. The number of hydrogen-bond donors (Lipinski definition) is 0. The van der Waals surface area contributed by atoms with Crippen molar-refractivity contribution in [1.29, 1.82) is 0 Å². The molecule has 0 aliphatic carbocycles. The van der Waals surface area contributed by atoms with Crippen molar-refractivity contribution in [2.45, 2.75) is 6.92 Å². The van der Waals surface area contributed by atoms with E-state index in [2.05, 4.69) is 146 Å². The van der Waals surface area contributed by atoms with Crippen molar-refractivity contribution in [3.05, 3.63) is 145 Å². The van der Waals surface area contributed by atoms with Gasteiger partial charge in [-0.05, 0) is 84.3 Å². The third kappa shape index (κ3) is 3.53. The van der Waals surface area contributed by atoms with E-state index in [0.717, 1.165) is 0 Å². The molecule has 0 aliphatic heterocycles. The first-order valence-electron chi connectivity index (χ1n) is 12.9. The van der Waals surface area contributed by atoms with Crippen molar-refractivity contribution in [3.8, 4) is 33.4 Å². The largest absolute Gasteiger partial charge is 0.0622 e. The summed E-state index contributed by atoms with van der Waals surface area (Å²) in [6.45, 7) is 2.20. The Kier molecular flexibility index (Phi) is 5.11. The van der Waals surface area contributed by atoms with Crippen LogP contribution in [0.15, 0.2) is 140 Å². The Morgan fingerprint density at radius 2 is 0.892 bits per heavy atom. The normalized spacial score (nSPS) is 11.4. The summed E-state index contributed by atoms with van der Waals surface area (Å²) in [7, 11) is 0. The Labute approximate surface area is 217 Å². The molecule has 0 aromatic heterocycles. The minimum absolute atomic E-state index is 1.25. The van der Waals surface area contributed by atoms with Crippen molar-refractivity contribution >= 4 is 32.3 Å². The van der Waals surface area contributed by atoms with E-state index >= 15 is 0 Å². The van der Waals surface area contributed by atoms with Gasteiger partial charge < -0.3 is 0 Å². The molecule has 0 bridgehead atoms. The van der Waals surface area contributed by atoms with Crippen molar-refractivity contribution in [2.24, 2.45) is 0 Å². The highest BCUT2D eigenvalue weighted by atomic mass is 14.2. The second kappa shape index (κ2) is 8.76. The average molecular weight is 471 g/mol. The van der Waals surface area contributed by atoms with E-state index in [-0.39, 0.29) is 0 Å². The molecule has 0 unspecified atom stereocenters. The maximum atomic E-state index is 2.40. The molecule has 0 atom stereocenters. The zero-order valence-electron chi connectivity index (χ0n) is 20.8. The second-order valence-electron chi connectivity index (χ2n) is 9.76. The maximum absolute atomic E-state index is 2.40. The number of rotatable bonds is 3. The summed E-state index contributed by atoms with van der Waals surface area (Å²) in [5.41, 5.74) is 8.97. The molecule has 7 rings (SSSR count). The average Bonchev–Trinajstić information content (AvgIpc) is 2.96. The topological polar surface area (TPSA) is 0 Å². The lowest BCUT2D eigenvalue weighted by Gasteiger charge is -2.18. The minimum Gasteiger partial charge on any atom is -0.0622 e.